The van der Waals surface area contributed by atoms with Crippen molar-refractivity contribution in [2.45, 2.75) is 29.1 Å². The fourth-order valence-electron chi connectivity index (χ4n) is 6.07. The number of para-hydroxylation sites is 1. The van der Waals surface area contributed by atoms with Crippen molar-refractivity contribution < 1.29 is 4.42 Å². The molecule has 4 nitrogen and oxygen atoms in total. The first-order valence-electron chi connectivity index (χ1n) is 14.2. The van der Waals surface area contributed by atoms with Crippen molar-refractivity contribution in [3.8, 4) is 40.0 Å². The molecule has 7 aromatic rings. The highest BCUT2D eigenvalue weighted by Crippen LogP contribution is 2.50. The van der Waals surface area contributed by atoms with Crippen molar-refractivity contribution in [1.82, 2.24) is 9.97 Å². The molecule has 1 aliphatic rings. The number of hydrogen-bond donors (Lipinski definition) is 0. The van der Waals surface area contributed by atoms with Crippen molar-refractivity contribution in [3.05, 3.63) is 132 Å². The van der Waals surface area contributed by atoms with E-state index in [1.165, 1.54) is 16.0 Å². The van der Waals surface area contributed by atoms with Crippen LogP contribution in [0.3, 0.4) is 0 Å². The van der Waals surface area contributed by atoms with Crippen LogP contribution in [0.4, 0.5) is 0 Å². The van der Waals surface area contributed by atoms with Gasteiger partial charge >= 0.3 is 0 Å². The summed E-state index contributed by atoms with van der Waals surface area (Å²) in [6.07, 6.45) is 0. The lowest BCUT2D eigenvalue weighted by Gasteiger charge is -2.35. The number of fused-ring (bicyclic) bond motifs is 5. The highest BCUT2D eigenvalue weighted by Gasteiger charge is 2.33. The summed E-state index contributed by atoms with van der Waals surface area (Å²) in [5, 5.41) is 11.6. The summed E-state index contributed by atoms with van der Waals surface area (Å²) in [6.45, 7) is 4.51. The molecule has 43 heavy (non-hydrogen) atoms. The number of benzene rings is 5. The average Bonchev–Trinajstić information content (AvgIpc) is 3.42. The molecule has 0 spiro atoms. The van der Waals surface area contributed by atoms with Crippen LogP contribution in [-0.4, -0.2) is 9.97 Å². The van der Waals surface area contributed by atoms with Gasteiger partial charge in [-0.15, -0.1) is 0 Å². The Balaban J connectivity index is 1.28. The van der Waals surface area contributed by atoms with Gasteiger partial charge in [0.1, 0.15) is 11.2 Å². The van der Waals surface area contributed by atoms with Crippen LogP contribution in [0.25, 0.3) is 55.8 Å². The van der Waals surface area contributed by atoms with Crippen molar-refractivity contribution in [2.24, 2.45) is 0 Å². The third-order valence-electron chi connectivity index (χ3n) is 8.39. The van der Waals surface area contributed by atoms with E-state index < -0.39 is 0 Å². The van der Waals surface area contributed by atoms with Crippen LogP contribution in [-0.2, 0) is 5.41 Å². The lowest BCUT2D eigenvalue weighted by Crippen LogP contribution is -2.23. The van der Waals surface area contributed by atoms with Gasteiger partial charge in [0.15, 0.2) is 5.82 Å². The zero-order chi connectivity index (χ0) is 29.1. The Kier molecular flexibility index (Phi) is 5.75. The summed E-state index contributed by atoms with van der Waals surface area (Å²) in [6, 6.07) is 41.5. The molecule has 0 atom stereocenters. The number of aromatic nitrogens is 2. The van der Waals surface area contributed by atoms with Gasteiger partial charge in [0.25, 0.3) is 0 Å². The number of rotatable bonds is 3. The number of furan rings is 1. The van der Waals surface area contributed by atoms with Gasteiger partial charge in [-0.25, -0.2) is 9.97 Å². The molecular formula is C38H25N3OS. The SMILES string of the molecule is CC1(C)c2ccc(C#N)cc2Sc2ccc(-c3cc(-c4ccc5c(c4)oc4ccccc45)nc(-c4ccccc4)n3)cc21. The van der Waals surface area contributed by atoms with Crippen LogP contribution in [0, 0.1) is 11.3 Å². The fourth-order valence-corrected chi connectivity index (χ4v) is 7.48. The second kappa shape index (κ2) is 9.69. The minimum Gasteiger partial charge on any atom is -0.456 e. The molecule has 5 aromatic carbocycles. The third kappa shape index (κ3) is 4.22. The van der Waals surface area contributed by atoms with E-state index in [0.29, 0.717) is 11.4 Å². The van der Waals surface area contributed by atoms with E-state index in [9.17, 15) is 5.26 Å². The van der Waals surface area contributed by atoms with Gasteiger partial charge in [-0.2, -0.15) is 5.26 Å². The first-order chi connectivity index (χ1) is 21.0. The molecule has 0 fully saturated rings. The third-order valence-corrected chi connectivity index (χ3v) is 9.52. The van der Waals surface area contributed by atoms with Crippen LogP contribution in [0.15, 0.2) is 129 Å². The number of nitrogens with zero attached hydrogens (tertiary/aromatic N) is 3. The van der Waals surface area contributed by atoms with E-state index in [1.54, 1.807) is 11.8 Å². The number of hydrogen-bond acceptors (Lipinski definition) is 5. The topological polar surface area (TPSA) is 62.7 Å². The quantitative estimate of drug-likeness (QED) is 0.211. The van der Waals surface area contributed by atoms with E-state index in [2.05, 4.69) is 74.5 Å². The molecular weight excluding hydrogens is 547 g/mol. The molecule has 0 amide bonds. The molecule has 204 valence electrons. The van der Waals surface area contributed by atoms with Crippen LogP contribution >= 0.6 is 11.8 Å². The minimum atomic E-state index is -0.232. The Morgan fingerprint density at radius 3 is 2.16 bits per heavy atom. The summed E-state index contributed by atoms with van der Waals surface area (Å²) in [7, 11) is 0. The molecule has 5 heteroatoms. The Labute approximate surface area is 253 Å². The zero-order valence-electron chi connectivity index (χ0n) is 23.6. The molecule has 0 N–H and O–H groups in total. The Bertz CT molecular complexity index is 2260. The lowest BCUT2D eigenvalue weighted by molar-refractivity contribution is 0.607. The fraction of sp³-hybridized carbons (Fsp3) is 0.0789. The van der Waals surface area contributed by atoms with Crippen LogP contribution in [0.5, 0.6) is 0 Å². The van der Waals surface area contributed by atoms with E-state index in [4.69, 9.17) is 14.4 Å². The summed E-state index contributed by atoms with van der Waals surface area (Å²) >= 11 is 1.73. The van der Waals surface area contributed by atoms with Crippen molar-refractivity contribution in [3.63, 3.8) is 0 Å². The highest BCUT2D eigenvalue weighted by atomic mass is 32.2. The maximum absolute atomic E-state index is 9.45. The second-order valence-corrected chi connectivity index (χ2v) is 12.5. The van der Waals surface area contributed by atoms with Gasteiger partial charge in [0.2, 0.25) is 0 Å². The highest BCUT2D eigenvalue weighted by molar-refractivity contribution is 7.99. The van der Waals surface area contributed by atoms with E-state index >= 15 is 0 Å². The van der Waals surface area contributed by atoms with E-state index in [0.717, 1.165) is 54.9 Å². The Hall–Kier alpha value is -5.18. The van der Waals surface area contributed by atoms with Crippen molar-refractivity contribution >= 4 is 33.7 Å². The van der Waals surface area contributed by atoms with Crippen LogP contribution < -0.4 is 0 Å². The molecule has 0 aliphatic carbocycles. The number of nitriles is 1. The lowest BCUT2D eigenvalue weighted by atomic mass is 9.77. The minimum absolute atomic E-state index is 0.232. The predicted molar refractivity (Wildman–Crippen MR) is 173 cm³/mol. The smallest absolute Gasteiger partial charge is 0.160 e. The first kappa shape index (κ1) is 25.5. The Morgan fingerprint density at radius 1 is 0.628 bits per heavy atom. The van der Waals surface area contributed by atoms with Crippen molar-refractivity contribution in [1.29, 1.82) is 5.26 Å². The van der Waals surface area contributed by atoms with Gasteiger partial charge in [0.05, 0.1) is 23.0 Å². The standard InChI is InChI=1S/C38H25N3OS/c1-38(2)29-16-12-23(22-39)18-36(29)43-35-17-14-25(19-30(35)38)31-21-32(41-37(40-31)24-8-4-3-5-9-24)26-13-15-28-27-10-6-7-11-33(27)42-34(28)20-26/h3-21H,1-2H3. The Morgan fingerprint density at radius 2 is 1.35 bits per heavy atom. The van der Waals surface area contributed by atoms with Gasteiger partial charge in [-0.1, -0.05) is 92.3 Å². The van der Waals surface area contributed by atoms with E-state index in [-0.39, 0.29) is 5.41 Å². The largest absolute Gasteiger partial charge is 0.456 e. The molecule has 2 aromatic heterocycles. The second-order valence-electron chi connectivity index (χ2n) is 11.4. The molecule has 1 aliphatic heterocycles. The van der Waals surface area contributed by atoms with Gasteiger partial charge in [-0.05, 0) is 59.7 Å². The zero-order valence-corrected chi connectivity index (χ0v) is 24.4. The molecule has 8 rings (SSSR count). The first-order valence-corrected chi connectivity index (χ1v) is 15.0. The summed E-state index contributed by atoms with van der Waals surface area (Å²) in [5.41, 5.74) is 9.33. The summed E-state index contributed by atoms with van der Waals surface area (Å²) < 4.78 is 6.21. The molecule has 3 heterocycles. The van der Waals surface area contributed by atoms with Crippen LogP contribution in [0.2, 0.25) is 0 Å². The molecule has 0 saturated heterocycles. The molecule has 0 saturated carbocycles. The van der Waals surface area contributed by atoms with E-state index in [1.807, 2.05) is 60.7 Å². The van der Waals surface area contributed by atoms with Gasteiger partial charge in [0, 0.05) is 42.7 Å². The molecule has 0 bridgehead atoms. The van der Waals surface area contributed by atoms with Crippen LogP contribution in [0.1, 0.15) is 30.5 Å². The average molecular weight is 572 g/mol. The predicted octanol–water partition coefficient (Wildman–Crippen LogP) is 10.0. The van der Waals surface area contributed by atoms with Gasteiger partial charge < -0.3 is 4.42 Å². The molecule has 0 unspecified atom stereocenters. The normalized spacial score (nSPS) is 13.4. The summed E-state index contributed by atoms with van der Waals surface area (Å²) in [4.78, 5) is 12.5. The monoisotopic (exact) mass is 571 g/mol. The maximum Gasteiger partial charge on any atom is 0.160 e. The van der Waals surface area contributed by atoms with Gasteiger partial charge in [-0.3, -0.25) is 0 Å². The van der Waals surface area contributed by atoms with Crippen molar-refractivity contribution in [2.75, 3.05) is 0 Å². The maximum atomic E-state index is 9.45. The summed E-state index contributed by atoms with van der Waals surface area (Å²) in [5.74, 6) is 0.679. The molecule has 0 radical (unpaired) electrons.